The number of rotatable bonds is 10. The van der Waals surface area contributed by atoms with Gasteiger partial charge in [0.15, 0.2) is 5.82 Å². The molecule has 10 nitrogen and oxygen atoms in total. The number of aromatic nitrogens is 6. The van der Waals surface area contributed by atoms with Crippen LogP contribution in [0, 0.1) is 10.1 Å². The number of nitrogens with one attached hydrogen (secondary N) is 2. The van der Waals surface area contributed by atoms with Crippen molar-refractivity contribution in [3.05, 3.63) is 98.4 Å². The summed E-state index contributed by atoms with van der Waals surface area (Å²) in [5.41, 5.74) is 6.33. The van der Waals surface area contributed by atoms with Crippen molar-refractivity contribution in [3.63, 3.8) is 0 Å². The molecule has 2 N–H and O–H groups in total. The number of H-pyrrole nitrogens is 1. The minimum absolute atomic E-state index is 0.409. The van der Waals surface area contributed by atoms with E-state index in [4.69, 9.17) is 16.6 Å². The number of nitrogens with zero attached hydrogens (tertiary/aromatic N) is 6. The maximum Gasteiger partial charge on any atom is 0.264 e. The van der Waals surface area contributed by atoms with Gasteiger partial charge in [0.1, 0.15) is 16.4 Å². The standard InChI is InChI=1S/C27H25ClN8O2S/c1-3-6-24-30-26-22(28)13-19(29-25(39-2)16-36(37)38)14-23(26)35(24)15-17-9-11-18(12-10-17)20-7-4-5-8-21(20)27-31-33-34-32-27/h4-5,7-14,16,29H,3,6,15H2,1-2H3,(H,31,32,33,34). The van der Waals surface area contributed by atoms with E-state index in [1.54, 1.807) is 12.3 Å². The molecule has 0 unspecified atom stereocenters. The van der Waals surface area contributed by atoms with E-state index in [0.717, 1.165) is 52.6 Å². The smallest absolute Gasteiger partial charge is 0.264 e. The number of nitro groups is 1. The molecule has 0 aliphatic rings. The Morgan fingerprint density at radius 3 is 2.62 bits per heavy atom. The van der Waals surface area contributed by atoms with Crippen LogP contribution >= 0.6 is 23.4 Å². The van der Waals surface area contributed by atoms with Crippen molar-refractivity contribution in [2.45, 2.75) is 26.3 Å². The van der Waals surface area contributed by atoms with E-state index in [-0.39, 0.29) is 0 Å². The van der Waals surface area contributed by atoms with Crippen LogP contribution in [0.4, 0.5) is 5.69 Å². The zero-order valence-corrected chi connectivity index (χ0v) is 22.8. The number of fused-ring (bicyclic) bond motifs is 1. The van der Waals surface area contributed by atoms with Crippen LogP contribution in [0.25, 0.3) is 33.5 Å². The molecule has 0 amide bonds. The van der Waals surface area contributed by atoms with Crippen molar-refractivity contribution >= 4 is 40.1 Å². The number of anilines is 1. The fourth-order valence-electron chi connectivity index (χ4n) is 4.45. The van der Waals surface area contributed by atoms with Gasteiger partial charge in [-0.1, -0.05) is 67.1 Å². The molecule has 39 heavy (non-hydrogen) atoms. The predicted octanol–water partition coefficient (Wildman–Crippen LogP) is 6.39. The summed E-state index contributed by atoms with van der Waals surface area (Å²) in [4.78, 5) is 15.4. The van der Waals surface area contributed by atoms with Crippen LogP contribution in [-0.2, 0) is 13.0 Å². The van der Waals surface area contributed by atoms with E-state index < -0.39 is 4.92 Å². The maximum atomic E-state index is 11.0. The van der Waals surface area contributed by atoms with Crippen LogP contribution in [0.15, 0.2) is 71.9 Å². The Kier molecular flexibility index (Phi) is 7.89. The topological polar surface area (TPSA) is 127 Å². The average Bonchev–Trinajstić information content (AvgIpc) is 3.58. The Balaban J connectivity index is 1.49. The molecule has 198 valence electrons. The summed E-state index contributed by atoms with van der Waals surface area (Å²) < 4.78 is 2.16. The molecule has 3 aromatic carbocycles. The van der Waals surface area contributed by atoms with Crippen molar-refractivity contribution in [3.8, 4) is 22.5 Å². The normalized spacial score (nSPS) is 11.7. The number of thioether (sulfide) groups is 1. The van der Waals surface area contributed by atoms with Crippen molar-refractivity contribution < 1.29 is 4.92 Å². The largest absolute Gasteiger partial charge is 0.345 e. The molecular formula is C27H25ClN8O2S. The van der Waals surface area contributed by atoms with Crippen LogP contribution in [0.1, 0.15) is 24.7 Å². The van der Waals surface area contributed by atoms with Crippen molar-refractivity contribution in [1.29, 1.82) is 0 Å². The van der Waals surface area contributed by atoms with Crippen LogP contribution in [0.5, 0.6) is 0 Å². The second kappa shape index (κ2) is 11.7. The number of tetrazole rings is 1. The second-order valence-corrected chi connectivity index (χ2v) is 10.0. The number of aryl methyl sites for hydroxylation is 1. The molecule has 0 spiro atoms. The van der Waals surface area contributed by atoms with Crippen LogP contribution in [0.3, 0.4) is 0 Å². The van der Waals surface area contributed by atoms with Gasteiger partial charge in [0.25, 0.3) is 6.20 Å². The van der Waals surface area contributed by atoms with Gasteiger partial charge in [-0.15, -0.1) is 16.9 Å². The molecule has 12 heteroatoms. The molecule has 0 aliphatic heterocycles. The van der Waals surface area contributed by atoms with Gasteiger partial charge in [-0.3, -0.25) is 10.1 Å². The Labute approximate surface area is 233 Å². The molecule has 2 aromatic heterocycles. The molecule has 0 bridgehead atoms. The van der Waals surface area contributed by atoms with Gasteiger partial charge in [-0.05, 0) is 51.9 Å². The highest BCUT2D eigenvalue weighted by Crippen LogP contribution is 2.32. The molecule has 5 rings (SSSR count). The molecule has 2 heterocycles. The summed E-state index contributed by atoms with van der Waals surface area (Å²) in [5.74, 6) is 1.55. The molecule has 0 saturated heterocycles. The second-order valence-electron chi connectivity index (χ2n) is 8.79. The Morgan fingerprint density at radius 2 is 1.95 bits per heavy atom. The van der Waals surface area contributed by atoms with Crippen LogP contribution in [-0.4, -0.2) is 41.4 Å². The zero-order chi connectivity index (χ0) is 27.4. The summed E-state index contributed by atoms with van der Waals surface area (Å²) in [6.07, 6.45) is 4.44. The van der Waals surface area contributed by atoms with Gasteiger partial charge in [0.05, 0.1) is 15.5 Å². The molecule has 0 atom stereocenters. The Morgan fingerprint density at radius 1 is 1.18 bits per heavy atom. The minimum atomic E-state index is -0.479. The first kappa shape index (κ1) is 26.4. The Hall–Kier alpha value is -4.22. The lowest BCUT2D eigenvalue weighted by Gasteiger charge is -2.12. The van der Waals surface area contributed by atoms with E-state index in [1.165, 1.54) is 11.8 Å². The highest BCUT2D eigenvalue weighted by Gasteiger charge is 2.16. The first-order chi connectivity index (χ1) is 19.0. The maximum absolute atomic E-state index is 11.0. The van der Waals surface area contributed by atoms with Crippen molar-refractivity contribution in [2.24, 2.45) is 0 Å². The van der Waals surface area contributed by atoms with E-state index in [2.05, 4.69) is 61.7 Å². The summed E-state index contributed by atoms with van der Waals surface area (Å²) in [6.45, 7) is 2.71. The lowest BCUT2D eigenvalue weighted by Crippen LogP contribution is -2.05. The van der Waals surface area contributed by atoms with Crippen molar-refractivity contribution in [2.75, 3.05) is 11.6 Å². The third kappa shape index (κ3) is 5.79. The molecule has 5 aromatic rings. The number of benzene rings is 3. The van der Waals surface area contributed by atoms with Crippen LogP contribution in [0.2, 0.25) is 5.02 Å². The number of hydrogen-bond acceptors (Lipinski definition) is 8. The van der Waals surface area contributed by atoms with E-state index in [1.807, 2.05) is 30.3 Å². The van der Waals surface area contributed by atoms with Crippen LogP contribution < -0.4 is 5.32 Å². The molecule has 0 saturated carbocycles. The summed E-state index contributed by atoms with van der Waals surface area (Å²) in [5, 5.41) is 29.3. The van der Waals surface area contributed by atoms with E-state index in [9.17, 15) is 10.1 Å². The molecule has 0 aliphatic carbocycles. The summed E-state index contributed by atoms with van der Waals surface area (Å²) in [7, 11) is 0. The van der Waals surface area contributed by atoms with Gasteiger partial charge < -0.3 is 9.88 Å². The quantitative estimate of drug-likeness (QED) is 0.148. The monoisotopic (exact) mass is 560 g/mol. The number of halogens is 1. The molecule has 0 radical (unpaired) electrons. The first-order valence-corrected chi connectivity index (χ1v) is 13.8. The number of hydrogen-bond donors (Lipinski definition) is 2. The minimum Gasteiger partial charge on any atom is -0.345 e. The van der Waals surface area contributed by atoms with Gasteiger partial charge in [0, 0.05) is 24.2 Å². The fourth-order valence-corrected chi connectivity index (χ4v) is 5.12. The number of aromatic amines is 1. The first-order valence-electron chi connectivity index (χ1n) is 12.2. The lowest BCUT2D eigenvalue weighted by molar-refractivity contribution is -0.402. The number of imidazole rings is 1. The van der Waals surface area contributed by atoms with E-state index in [0.29, 0.717) is 33.6 Å². The average molecular weight is 561 g/mol. The predicted molar refractivity (Wildman–Crippen MR) is 155 cm³/mol. The van der Waals surface area contributed by atoms with Gasteiger partial charge in [-0.25, -0.2) is 10.1 Å². The SMILES string of the molecule is CCCc1nc2c(Cl)cc(NC(=C[N+](=O)[O-])SC)cc2n1Cc1ccc(-c2ccccc2-c2nnn[nH]2)cc1. The zero-order valence-electron chi connectivity index (χ0n) is 21.3. The van der Waals surface area contributed by atoms with Gasteiger partial charge in [-0.2, -0.15) is 0 Å². The van der Waals surface area contributed by atoms with Gasteiger partial charge in [0.2, 0.25) is 0 Å². The Bertz CT molecular complexity index is 1650. The third-order valence-electron chi connectivity index (χ3n) is 6.20. The van der Waals surface area contributed by atoms with Crippen molar-refractivity contribution in [1.82, 2.24) is 30.2 Å². The highest BCUT2D eigenvalue weighted by molar-refractivity contribution is 8.02. The third-order valence-corrected chi connectivity index (χ3v) is 7.14. The summed E-state index contributed by atoms with van der Waals surface area (Å²) in [6, 6.07) is 20.0. The molecular weight excluding hydrogens is 536 g/mol. The fraction of sp³-hybridized carbons (Fsp3) is 0.185. The lowest BCUT2D eigenvalue weighted by atomic mass is 9.98. The van der Waals surface area contributed by atoms with Gasteiger partial charge >= 0.3 is 0 Å². The highest BCUT2D eigenvalue weighted by atomic mass is 35.5. The summed E-state index contributed by atoms with van der Waals surface area (Å²) >= 11 is 7.89. The molecule has 0 fully saturated rings. The van der Waals surface area contributed by atoms with E-state index >= 15 is 0 Å².